The number of nitrogens with zero attached hydrogens (tertiary/aromatic N) is 2. The first-order valence-electron chi connectivity index (χ1n) is 4.48. The molecule has 1 aromatic heterocycles. The highest BCUT2D eigenvalue weighted by atomic mass is 19.4. The number of ether oxygens (including phenoxy) is 1. The van der Waals surface area contributed by atoms with Crippen molar-refractivity contribution in [2.75, 3.05) is 0 Å². The molecule has 0 aliphatic heterocycles. The van der Waals surface area contributed by atoms with Crippen LogP contribution in [0.1, 0.15) is 17.7 Å². The quantitative estimate of drug-likeness (QED) is 0.522. The summed E-state index contributed by atoms with van der Waals surface area (Å²) in [5.41, 5.74) is -3.60. The third-order valence-electron chi connectivity index (χ3n) is 1.92. The van der Waals surface area contributed by atoms with Crippen molar-refractivity contribution < 1.29 is 36.7 Å². The average Bonchev–Trinajstić information content (AvgIpc) is 2.25. The topological polar surface area (TPSA) is 85.5 Å². The second-order valence-electron chi connectivity index (χ2n) is 3.10. The molecule has 1 N–H and O–H groups in total. The zero-order chi connectivity index (χ0) is 14.8. The summed E-state index contributed by atoms with van der Waals surface area (Å²) in [7, 11) is 0. The van der Waals surface area contributed by atoms with Gasteiger partial charge in [0.25, 0.3) is 6.43 Å². The zero-order valence-corrected chi connectivity index (χ0v) is 8.82. The zero-order valence-electron chi connectivity index (χ0n) is 8.82. The highest BCUT2D eigenvalue weighted by Gasteiger charge is 2.37. The molecule has 0 saturated carbocycles. The lowest BCUT2D eigenvalue weighted by atomic mass is 10.1. The van der Waals surface area contributed by atoms with Gasteiger partial charge in [-0.1, -0.05) is 0 Å². The van der Waals surface area contributed by atoms with E-state index in [9.17, 15) is 32.1 Å². The van der Waals surface area contributed by atoms with Gasteiger partial charge in [0.15, 0.2) is 0 Å². The molecule has 0 atom stereocenters. The van der Waals surface area contributed by atoms with Crippen molar-refractivity contribution in [3.05, 3.63) is 27.6 Å². The van der Waals surface area contributed by atoms with Gasteiger partial charge in [-0.25, -0.2) is 8.78 Å². The lowest BCUT2D eigenvalue weighted by Crippen LogP contribution is -2.19. The number of aliphatic hydroxyl groups is 1. The van der Waals surface area contributed by atoms with E-state index in [0.717, 1.165) is 0 Å². The van der Waals surface area contributed by atoms with E-state index in [2.05, 4.69) is 9.72 Å². The van der Waals surface area contributed by atoms with Crippen LogP contribution in [0.5, 0.6) is 5.75 Å². The summed E-state index contributed by atoms with van der Waals surface area (Å²) in [4.78, 5) is 12.2. The second-order valence-corrected chi connectivity index (χ2v) is 3.10. The third-order valence-corrected chi connectivity index (χ3v) is 1.92. The van der Waals surface area contributed by atoms with E-state index in [1.54, 1.807) is 0 Å². The van der Waals surface area contributed by atoms with Gasteiger partial charge >= 0.3 is 12.0 Å². The standard InChI is InChI=1S/C8H5F5N2O4/c9-7(10)5-3(2-16)6(15(17)18)4(1-14-5)19-8(11,12)13/h1,7,16H,2H2. The molecular weight excluding hydrogens is 283 g/mol. The maximum absolute atomic E-state index is 12.5. The Bertz CT molecular complexity index is 491. The third kappa shape index (κ3) is 3.47. The highest BCUT2D eigenvalue weighted by Crippen LogP contribution is 2.37. The normalized spacial score (nSPS) is 11.7. The Hall–Kier alpha value is -2.04. The van der Waals surface area contributed by atoms with Gasteiger partial charge in [-0.2, -0.15) is 0 Å². The van der Waals surface area contributed by atoms with Crippen LogP contribution in [-0.2, 0) is 6.61 Å². The van der Waals surface area contributed by atoms with E-state index in [0.29, 0.717) is 0 Å². The molecule has 1 rings (SSSR count). The van der Waals surface area contributed by atoms with Crippen LogP contribution in [-0.4, -0.2) is 21.4 Å². The molecular formula is C8H5F5N2O4. The Morgan fingerprint density at radius 3 is 2.42 bits per heavy atom. The van der Waals surface area contributed by atoms with E-state index in [1.807, 2.05) is 0 Å². The fraction of sp³-hybridized carbons (Fsp3) is 0.375. The van der Waals surface area contributed by atoms with E-state index in [-0.39, 0.29) is 6.20 Å². The molecule has 0 aromatic carbocycles. The average molecular weight is 288 g/mol. The molecule has 106 valence electrons. The first-order chi connectivity index (χ1) is 8.67. The summed E-state index contributed by atoms with van der Waals surface area (Å²) < 4.78 is 64.2. The molecule has 1 aromatic rings. The molecule has 0 saturated heterocycles. The predicted molar refractivity (Wildman–Crippen MR) is 48.5 cm³/mol. The van der Waals surface area contributed by atoms with Gasteiger partial charge in [0.2, 0.25) is 5.75 Å². The molecule has 0 fully saturated rings. The Balaban J connectivity index is 3.46. The van der Waals surface area contributed by atoms with Gasteiger partial charge in [-0.05, 0) is 0 Å². The number of nitro groups is 1. The molecule has 0 bridgehead atoms. The second kappa shape index (κ2) is 5.30. The summed E-state index contributed by atoms with van der Waals surface area (Å²) in [5.74, 6) is -1.37. The molecule has 6 nitrogen and oxygen atoms in total. The fourth-order valence-corrected chi connectivity index (χ4v) is 1.28. The van der Waals surface area contributed by atoms with Gasteiger partial charge in [-0.3, -0.25) is 15.1 Å². The lowest BCUT2D eigenvalue weighted by molar-refractivity contribution is -0.389. The van der Waals surface area contributed by atoms with Crippen LogP contribution >= 0.6 is 0 Å². The number of pyridine rings is 1. The molecule has 0 aliphatic rings. The molecule has 11 heteroatoms. The smallest absolute Gasteiger partial charge is 0.397 e. The van der Waals surface area contributed by atoms with Crippen molar-refractivity contribution in [1.82, 2.24) is 4.98 Å². The summed E-state index contributed by atoms with van der Waals surface area (Å²) in [5, 5.41) is 19.4. The Kier molecular flexibility index (Phi) is 4.19. The van der Waals surface area contributed by atoms with Gasteiger partial charge in [0.05, 0.1) is 23.3 Å². The van der Waals surface area contributed by atoms with E-state index in [4.69, 9.17) is 5.11 Å². The highest BCUT2D eigenvalue weighted by molar-refractivity contribution is 5.53. The Morgan fingerprint density at radius 2 is 2.05 bits per heavy atom. The van der Waals surface area contributed by atoms with Crippen molar-refractivity contribution in [3.8, 4) is 5.75 Å². The molecule has 0 radical (unpaired) electrons. The predicted octanol–water partition coefficient (Wildman–Crippen LogP) is 2.32. The number of aromatic nitrogens is 1. The monoisotopic (exact) mass is 288 g/mol. The fourth-order valence-electron chi connectivity index (χ4n) is 1.28. The van der Waals surface area contributed by atoms with Crippen LogP contribution in [0, 0.1) is 10.1 Å². The van der Waals surface area contributed by atoms with Crippen molar-refractivity contribution in [1.29, 1.82) is 0 Å². The summed E-state index contributed by atoms with van der Waals surface area (Å²) >= 11 is 0. The van der Waals surface area contributed by atoms with Crippen LogP contribution in [0.15, 0.2) is 6.20 Å². The first-order valence-corrected chi connectivity index (χ1v) is 4.48. The van der Waals surface area contributed by atoms with E-state index < -0.39 is 47.0 Å². The Labute approximate surface area is 101 Å². The van der Waals surface area contributed by atoms with Crippen molar-refractivity contribution in [2.24, 2.45) is 0 Å². The first kappa shape index (κ1) is 15.0. The van der Waals surface area contributed by atoms with Gasteiger partial charge in [0, 0.05) is 0 Å². The minimum Gasteiger partial charge on any atom is -0.397 e. The maximum Gasteiger partial charge on any atom is 0.573 e. The van der Waals surface area contributed by atoms with Crippen molar-refractivity contribution in [2.45, 2.75) is 19.4 Å². The number of aliphatic hydroxyl groups excluding tert-OH is 1. The van der Waals surface area contributed by atoms with E-state index in [1.165, 1.54) is 0 Å². The molecule has 0 spiro atoms. The number of halogens is 5. The maximum atomic E-state index is 12.5. The van der Waals surface area contributed by atoms with Crippen LogP contribution in [0.3, 0.4) is 0 Å². The van der Waals surface area contributed by atoms with E-state index >= 15 is 0 Å². The minimum absolute atomic E-state index is 0.159. The van der Waals surface area contributed by atoms with Gasteiger partial charge in [-0.15, -0.1) is 13.2 Å². The lowest BCUT2D eigenvalue weighted by Gasteiger charge is -2.12. The van der Waals surface area contributed by atoms with Crippen molar-refractivity contribution in [3.63, 3.8) is 0 Å². The largest absolute Gasteiger partial charge is 0.573 e. The number of hydrogen-bond donors (Lipinski definition) is 1. The van der Waals surface area contributed by atoms with Crippen LogP contribution in [0.2, 0.25) is 0 Å². The van der Waals surface area contributed by atoms with Gasteiger partial charge < -0.3 is 9.84 Å². The van der Waals surface area contributed by atoms with Crippen molar-refractivity contribution >= 4 is 5.69 Å². The summed E-state index contributed by atoms with van der Waals surface area (Å²) in [6, 6.07) is 0. The van der Waals surface area contributed by atoms with Gasteiger partial charge in [0.1, 0.15) is 5.69 Å². The summed E-state index contributed by atoms with van der Waals surface area (Å²) in [6.07, 6.45) is -8.39. The Morgan fingerprint density at radius 1 is 1.47 bits per heavy atom. The molecule has 1 heterocycles. The van der Waals surface area contributed by atoms with Crippen LogP contribution < -0.4 is 4.74 Å². The molecule has 0 aliphatic carbocycles. The summed E-state index contributed by atoms with van der Waals surface area (Å²) in [6.45, 7) is -1.28. The number of rotatable bonds is 4. The molecule has 19 heavy (non-hydrogen) atoms. The van der Waals surface area contributed by atoms with Crippen LogP contribution in [0.4, 0.5) is 27.6 Å². The number of hydrogen-bond acceptors (Lipinski definition) is 5. The van der Waals surface area contributed by atoms with Crippen LogP contribution in [0.25, 0.3) is 0 Å². The molecule has 0 amide bonds. The molecule has 0 unspecified atom stereocenters. The SMILES string of the molecule is O=[N+]([O-])c1c(OC(F)(F)F)cnc(C(F)F)c1CO. The number of alkyl halides is 5. The minimum atomic E-state index is -5.26.